The molecule has 0 aliphatic carbocycles. The fourth-order valence-electron chi connectivity index (χ4n) is 5.24. The number of fused-ring (bicyclic) bond motifs is 13. The van der Waals surface area contributed by atoms with E-state index in [1.807, 2.05) is 0 Å². The standard InChI is InChI=1S/C29H17N/c1-3-11-20-18(9-1)19-10-2-4-12-21(19)29-25-17-30-26-16-8-7-15-24(26)27(25)22-13-5-6-14-23(22)28(20)29/h1-17H. The second-order valence-corrected chi connectivity index (χ2v) is 7.95. The molecule has 138 valence electrons. The maximum Gasteiger partial charge on any atom is 0.0708 e. The first-order valence-electron chi connectivity index (χ1n) is 10.3. The van der Waals surface area contributed by atoms with E-state index < -0.39 is 0 Å². The van der Waals surface area contributed by atoms with Crippen LogP contribution in [0.1, 0.15) is 0 Å². The molecule has 0 bridgehead atoms. The van der Waals surface area contributed by atoms with Crippen molar-refractivity contribution in [3.8, 4) is 0 Å². The van der Waals surface area contributed by atoms with Crippen molar-refractivity contribution in [1.82, 2.24) is 4.98 Å². The number of para-hydroxylation sites is 1. The van der Waals surface area contributed by atoms with Crippen molar-refractivity contribution in [3.05, 3.63) is 103 Å². The Morgan fingerprint density at radius 3 is 1.33 bits per heavy atom. The highest BCUT2D eigenvalue weighted by Crippen LogP contribution is 2.44. The summed E-state index contributed by atoms with van der Waals surface area (Å²) in [5, 5.41) is 14.2. The van der Waals surface area contributed by atoms with Crippen molar-refractivity contribution < 1.29 is 0 Å². The number of pyridine rings is 1. The van der Waals surface area contributed by atoms with Gasteiger partial charge in [-0.3, -0.25) is 4.98 Å². The van der Waals surface area contributed by atoms with Crippen molar-refractivity contribution >= 4 is 64.8 Å². The second kappa shape index (κ2) is 5.77. The van der Waals surface area contributed by atoms with Gasteiger partial charge in [-0.25, -0.2) is 0 Å². The van der Waals surface area contributed by atoms with E-state index in [0.29, 0.717) is 0 Å². The molecule has 0 aliphatic rings. The summed E-state index contributed by atoms with van der Waals surface area (Å²) >= 11 is 0. The summed E-state index contributed by atoms with van der Waals surface area (Å²) in [6.07, 6.45) is 2.08. The molecule has 0 saturated heterocycles. The molecule has 0 fully saturated rings. The number of aromatic nitrogens is 1. The van der Waals surface area contributed by atoms with E-state index >= 15 is 0 Å². The number of rotatable bonds is 0. The largest absolute Gasteiger partial charge is 0.256 e. The smallest absolute Gasteiger partial charge is 0.0708 e. The average molecular weight is 379 g/mol. The molecule has 0 spiro atoms. The van der Waals surface area contributed by atoms with Crippen molar-refractivity contribution in [2.45, 2.75) is 0 Å². The molecule has 1 heteroatoms. The van der Waals surface area contributed by atoms with E-state index in [1.165, 1.54) is 59.2 Å². The summed E-state index contributed by atoms with van der Waals surface area (Å²) in [5.74, 6) is 0. The summed E-state index contributed by atoms with van der Waals surface area (Å²) in [5.41, 5.74) is 1.04. The van der Waals surface area contributed by atoms with Gasteiger partial charge in [0, 0.05) is 27.7 Å². The lowest BCUT2D eigenvalue weighted by molar-refractivity contribution is 1.45. The highest BCUT2D eigenvalue weighted by Gasteiger charge is 2.16. The van der Waals surface area contributed by atoms with Crippen molar-refractivity contribution in [2.24, 2.45) is 0 Å². The number of hydrogen-bond acceptors (Lipinski definition) is 1. The van der Waals surface area contributed by atoms with Crippen molar-refractivity contribution in [3.63, 3.8) is 0 Å². The number of nitrogens with zero attached hydrogens (tertiary/aromatic N) is 1. The lowest BCUT2D eigenvalue weighted by Gasteiger charge is -2.17. The predicted octanol–water partition coefficient (Wildman–Crippen LogP) is 8.00. The van der Waals surface area contributed by atoms with Crippen LogP contribution in [0.4, 0.5) is 0 Å². The van der Waals surface area contributed by atoms with Gasteiger partial charge in [0.1, 0.15) is 0 Å². The zero-order chi connectivity index (χ0) is 19.7. The average Bonchev–Trinajstić information content (AvgIpc) is 2.83. The molecule has 0 radical (unpaired) electrons. The topological polar surface area (TPSA) is 12.9 Å². The van der Waals surface area contributed by atoms with Gasteiger partial charge in [-0.15, -0.1) is 0 Å². The molecule has 1 aromatic heterocycles. The number of benzene rings is 6. The van der Waals surface area contributed by atoms with Crippen LogP contribution in [0.2, 0.25) is 0 Å². The minimum atomic E-state index is 1.04. The van der Waals surface area contributed by atoms with E-state index in [0.717, 1.165) is 5.52 Å². The van der Waals surface area contributed by atoms with Gasteiger partial charge >= 0.3 is 0 Å². The number of hydrogen-bond donors (Lipinski definition) is 0. The van der Waals surface area contributed by atoms with E-state index in [9.17, 15) is 0 Å². The van der Waals surface area contributed by atoms with Crippen LogP contribution in [0.15, 0.2) is 103 Å². The van der Waals surface area contributed by atoms with E-state index in [1.54, 1.807) is 0 Å². The van der Waals surface area contributed by atoms with E-state index in [4.69, 9.17) is 4.98 Å². The summed E-state index contributed by atoms with van der Waals surface area (Å²) in [6, 6.07) is 34.9. The van der Waals surface area contributed by atoms with E-state index in [2.05, 4.69) is 103 Å². The first-order chi connectivity index (χ1) is 14.9. The Balaban J connectivity index is 1.97. The molecule has 0 aliphatic heterocycles. The van der Waals surface area contributed by atoms with E-state index in [-0.39, 0.29) is 0 Å². The fraction of sp³-hybridized carbons (Fsp3) is 0. The van der Waals surface area contributed by atoms with Crippen LogP contribution in [0.3, 0.4) is 0 Å². The van der Waals surface area contributed by atoms with Gasteiger partial charge in [0.2, 0.25) is 0 Å². The zero-order valence-electron chi connectivity index (χ0n) is 16.3. The van der Waals surface area contributed by atoms with Crippen LogP contribution in [-0.2, 0) is 0 Å². The summed E-state index contributed by atoms with van der Waals surface area (Å²) < 4.78 is 0. The third kappa shape index (κ3) is 1.94. The first kappa shape index (κ1) is 15.9. The monoisotopic (exact) mass is 379 g/mol. The Labute approximate surface area is 173 Å². The Bertz CT molecular complexity index is 1780. The maximum absolute atomic E-state index is 4.85. The van der Waals surface area contributed by atoms with Gasteiger partial charge in [-0.2, -0.15) is 0 Å². The van der Waals surface area contributed by atoms with Gasteiger partial charge in [-0.1, -0.05) is 91.0 Å². The SMILES string of the molecule is c1ccc2c(c1)ncc1c2c2ccccc2c2c3ccccc3c3ccccc3c12. The van der Waals surface area contributed by atoms with Gasteiger partial charge in [0.05, 0.1) is 5.52 Å². The Hall–Kier alpha value is -3.97. The molecule has 7 rings (SSSR count). The minimum absolute atomic E-state index is 1.04. The zero-order valence-corrected chi connectivity index (χ0v) is 16.3. The van der Waals surface area contributed by atoms with Crippen LogP contribution in [0.25, 0.3) is 64.8 Å². The summed E-state index contributed by atoms with van der Waals surface area (Å²) in [4.78, 5) is 4.85. The van der Waals surface area contributed by atoms with Gasteiger partial charge in [0.25, 0.3) is 0 Å². The van der Waals surface area contributed by atoms with Crippen molar-refractivity contribution in [2.75, 3.05) is 0 Å². The Kier molecular flexibility index (Phi) is 3.06. The lowest BCUT2D eigenvalue weighted by atomic mass is 9.87. The highest BCUT2D eigenvalue weighted by molar-refractivity contribution is 6.41. The van der Waals surface area contributed by atoms with Crippen LogP contribution >= 0.6 is 0 Å². The Morgan fingerprint density at radius 1 is 0.333 bits per heavy atom. The molecule has 0 amide bonds. The van der Waals surface area contributed by atoms with Crippen LogP contribution < -0.4 is 0 Å². The van der Waals surface area contributed by atoms with Crippen LogP contribution in [-0.4, -0.2) is 4.98 Å². The van der Waals surface area contributed by atoms with Crippen LogP contribution in [0.5, 0.6) is 0 Å². The first-order valence-corrected chi connectivity index (χ1v) is 10.3. The fourth-order valence-corrected chi connectivity index (χ4v) is 5.24. The lowest BCUT2D eigenvalue weighted by Crippen LogP contribution is -1.90. The predicted molar refractivity (Wildman–Crippen MR) is 129 cm³/mol. The normalized spacial score (nSPS) is 12.0. The van der Waals surface area contributed by atoms with Gasteiger partial charge < -0.3 is 0 Å². The van der Waals surface area contributed by atoms with Crippen molar-refractivity contribution in [1.29, 1.82) is 0 Å². The third-order valence-electron chi connectivity index (χ3n) is 6.44. The van der Waals surface area contributed by atoms with Crippen LogP contribution in [0, 0.1) is 0 Å². The quantitative estimate of drug-likeness (QED) is 0.243. The molecule has 0 N–H and O–H groups in total. The molecule has 6 aromatic carbocycles. The molecule has 1 nitrogen and oxygen atoms in total. The summed E-state index contributed by atoms with van der Waals surface area (Å²) in [7, 11) is 0. The minimum Gasteiger partial charge on any atom is -0.256 e. The second-order valence-electron chi connectivity index (χ2n) is 7.95. The third-order valence-corrected chi connectivity index (χ3v) is 6.44. The molecular weight excluding hydrogens is 362 g/mol. The summed E-state index contributed by atoms with van der Waals surface area (Å²) in [6.45, 7) is 0. The molecule has 1 heterocycles. The Morgan fingerprint density at radius 2 is 0.733 bits per heavy atom. The molecule has 0 atom stereocenters. The molecule has 0 unspecified atom stereocenters. The van der Waals surface area contributed by atoms with Gasteiger partial charge in [0.15, 0.2) is 0 Å². The molecule has 30 heavy (non-hydrogen) atoms. The van der Waals surface area contributed by atoms with Gasteiger partial charge in [-0.05, 0) is 43.8 Å². The highest BCUT2D eigenvalue weighted by atomic mass is 14.6. The molecule has 0 saturated carbocycles. The molecular formula is C29H17N. The maximum atomic E-state index is 4.85. The molecule has 7 aromatic rings.